The molecule has 1 heterocycles. The van der Waals surface area contributed by atoms with E-state index in [9.17, 15) is 4.79 Å². The van der Waals surface area contributed by atoms with Gasteiger partial charge in [0, 0.05) is 29.2 Å². The number of H-pyrrole nitrogens is 1. The molecule has 2 N–H and O–H groups in total. The second-order valence-corrected chi connectivity index (χ2v) is 7.47. The van der Waals surface area contributed by atoms with Gasteiger partial charge in [-0.3, -0.25) is 10.1 Å². The van der Waals surface area contributed by atoms with Crippen molar-refractivity contribution in [2.75, 3.05) is 0 Å². The molecule has 3 aromatic carbocycles. The molecule has 0 aliphatic heterocycles. The second-order valence-electron chi connectivity index (χ2n) is 7.47. The summed E-state index contributed by atoms with van der Waals surface area (Å²) >= 11 is 0. The van der Waals surface area contributed by atoms with E-state index in [0.29, 0.717) is 6.54 Å². The van der Waals surface area contributed by atoms with Gasteiger partial charge >= 0.3 is 0 Å². The molecule has 1 atom stereocenters. The topological polar surface area (TPSA) is 44.9 Å². The molecule has 1 aromatic heterocycles. The van der Waals surface area contributed by atoms with Crippen molar-refractivity contribution >= 4 is 16.7 Å². The highest BCUT2D eigenvalue weighted by Gasteiger charge is 2.24. The van der Waals surface area contributed by atoms with Crippen LogP contribution in [0.15, 0.2) is 79.0 Å². The highest BCUT2D eigenvalue weighted by molar-refractivity contribution is 6.11. The summed E-state index contributed by atoms with van der Waals surface area (Å²) in [6, 6.07) is 24.1. The van der Waals surface area contributed by atoms with Crippen LogP contribution >= 0.6 is 0 Å². The Morgan fingerprint density at radius 2 is 1.72 bits per heavy atom. The predicted octanol–water partition coefficient (Wildman–Crippen LogP) is 5.75. The number of hydrogen-bond donors (Lipinski definition) is 2. The molecule has 0 aliphatic carbocycles. The van der Waals surface area contributed by atoms with E-state index in [4.69, 9.17) is 0 Å². The van der Waals surface area contributed by atoms with Crippen molar-refractivity contribution in [3.63, 3.8) is 0 Å². The lowest BCUT2D eigenvalue weighted by molar-refractivity contribution is 0.0943. The summed E-state index contributed by atoms with van der Waals surface area (Å²) in [7, 11) is 0. The number of hydrogen-bond acceptors (Lipinski definition) is 2. The summed E-state index contributed by atoms with van der Waals surface area (Å²) < 4.78 is 0. The number of aromatic amines is 1. The van der Waals surface area contributed by atoms with Crippen molar-refractivity contribution in [2.24, 2.45) is 0 Å². The Bertz CT molecular complexity index is 1110. The number of nitrogens with one attached hydrogen (secondary N) is 2. The number of carbonyl (C=O) groups is 1. The van der Waals surface area contributed by atoms with Crippen molar-refractivity contribution < 1.29 is 4.79 Å². The first kappa shape index (κ1) is 19.2. The van der Waals surface area contributed by atoms with E-state index in [1.54, 1.807) is 0 Å². The zero-order valence-electron chi connectivity index (χ0n) is 16.9. The smallest absolute Gasteiger partial charge is 0.186 e. The number of carbonyl (C=O) groups excluding carboxylic acids is 1. The molecule has 146 valence electrons. The molecule has 4 rings (SSSR count). The maximum atomic E-state index is 13.6. The molecule has 0 spiro atoms. The summed E-state index contributed by atoms with van der Waals surface area (Å²) in [6.45, 7) is 4.84. The minimum absolute atomic E-state index is 0.0859. The van der Waals surface area contributed by atoms with E-state index in [-0.39, 0.29) is 5.78 Å². The lowest BCUT2D eigenvalue weighted by Gasteiger charge is -2.18. The van der Waals surface area contributed by atoms with E-state index in [0.717, 1.165) is 34.0 Å². The van der Waals surface area contributed by atoms with Crippen LogP contribution in [0.5, 0.6) is 0 Å². The van der Waals surface area contributed by atoms with Crippen molar-refractivity contribution in [2.45, 2.75) is 32.9 Å². The third-order valence-corrected chi connectivity index (χ3v) is 5.47. The highest BCUT2D eigenvalue weighted by Crippen LogP contribution is 2.27. The Balaban J connectivity index is 1.67. The Hall–Kier alpha value is -3.17. The van der Waals surface area contributed by atoms with Gasteiger partial charge in [-0.15, -0.1) is 0 Å². The van der Waals surface area contributed by atoms with Crippen molar-refractivity contribution in [3.05, 3.63) is 107 Å². The number of rotatable bonds is 7. The third-order valence-electron chi connectivity index (χ3n) is 5.47. The number of para-hydroxylation sites is 1. The van der Waals surface area contributed by atoms with Gasteiger partial charge in [0.1, 0.15) is 0 Å². The maximum Gasteiger partial charge on any atom is 0.186 e. The van der Waals surface area contributed by atoms with E-state index in [2.05, 4.69) is 54.5 Å². The summed E-state index contributed by atoms with van der Waals surface area (Å²) in [5.74, 6) is 0.0859. The Morgan fingerprint density at radius 1 is 0.966 bits per heavy atom. The fourth-order valence-corrected chi connectivity index (χ4v) is 3.80. The molecule has 0 fully saturated rings. The van der Waals surface area contributed by atoms with Gasteiger partial charge in [0.25, 0.3) is 0 Å². The highest BCUT2D eigenvalue weighted by atomic mass is 16.1. The van der Waals surface area contributed by atoms with Crippen molar-refractivity contribution in [1.82, 2.24) is 10.3 Å². The zero-order valence-corrected chi connectivity index (χ0v) is 16.9. The van der Waals surface area contributed by atoms with E-state index in [1.165, 1.54) is 11.1 Å². The average Bonchev–Trinajstić information content (AvgIpc) is 3.20. The lowest BCUT2D eigenvalue weighted by Crippen LogP contribution is -2.28. The first-order valence-corrected chi connectivity index (χ1v) is 10.1. The molecule has 3 nitrogen and oxygen atoms in total. The van der Waals surface area contributed by atoms with Crippen molar-refractivity contribution in [3.8, 4) is 0 Å². The fraction of sp³-hybridized carbons (Fsp3) is 0.192. The minimum atomic E-state index is -0.401. The van der Waals surface area contributed by atoms with Crippen LogP contribution in [0.4, 0.5) is 0 Å². The number of Topliss-reactive ketones (excluding diaryl/α,β-unsaturated/α-hetero) is 1. The molecular weight excluding hydrogens is 356 g/mol. The van der Waals surface area contributed by atoms with Crippen LogP contribution in [0.2, 0.25) is 0 Å². The van der Waals surface area contributed by atoms with Gasteiger partial charge in [-0.25, -0.2) is 0 Å². The van der Waals surface area contributed by atoms with Crippen LogP contribution in [0.1, 0.15) is 45.6 Å². The van der Waals surface area contributed by atoms with Crippen LogP contribution in [0, 0.1) is 6.92 Å². The van der Waals surface area contributed by atoms with Crippen LogP contribution in [0.3, 0.4) is 0 Å². The molecule has 4 aromatic rings. The van der Waals surface area contributed by atoms with E-state index >= 15 is 0 Å². The predicted molar refractivity (Wildman–Crippen MR) is 119 cm³/mol. The number of aromatic nitrogens is 1. The number of fused-ring (bicyclic) bond motifs is 1. The SMILES string of the molecule is CCc1cccc2c(C(=O)C(NCc3ccc(C)cc3)c3ccccc3)c[nH]c12. The standard InChI is InChI=1S/C26H26N2O/c1-3-20-10-7-11-22-23(17-28-24(20)22)26(29)25(21-8-5-4-6-9-21)27-16-19-14-12-18(2)13-15-19/h4-15,17,25,27-28H,3,16H2,1-2H3. The molecular formula is C26H26N2O. The minimum Gasteiger partial charge on any atom is -0.360 e. The van der Waals surface area contributed by atoms with Crippen LogP contribution in [0.25, 0.3) is 10.9 Å². The molecule has 0 saturated carbocycles. The third kappa shape index (κ3) is 4.01. The Morgan fingerprint density at radius 3 is 2.45 bits per heavy atom. The van der Waals surface area contributed by atoms with Gasteiger partial charge in [0.2, 0.25) is 0 Å². The lowest BCUT2D eigenvalue weighted by atomic mass is 9.96. The van der Waals surface area contributed by atoms with Gasteiger partial charge in [-0.2, -0.15) is 0 Å². The molecule has 29 heavy (non-hydrogen) atoms. The Labute approximate surface area is 171 Å². The fourth-order valence-electron chi connectivity index (χ4n) is 3.80. The monoisotopic (exact) mass is 382 g/mol. The van der Waals surface area contributed by atoms with Crippen LogP contribution in [-0.4, -0.2) is 10.8 Å². The number of benzene rings is 3. The summed E-state index contributed by atoms with van der Waals surface area (Å²) in [4.78, 5) is 16.9. The van der Waals surface area contributed by atoms with Gasteiger partial charge in [0.05, 0.1) is 6.04 Å². The molecule has 3 heteroatoms. The van der Waals surface area contributed by atoms with Gasteiger partial charge in [0.15, 0.2) is 5.78 Å². The average molecular weight is 383 g/mol. The number of aryl methyl sites for hydroxylation is 2. The molecule has 1 unspecified atom stereocenters. The normalized spacial score (nSPS) is 12.2. The summed E-state index contributed by atoms with van der Waals surface area (Å²) in [6.07, 6.45) is 2.79. The molecule has 0 amide bonds. The Kier molecular flexibility index (Phi) is 5.59. The second kappa shape index (κ2) is 8.46. The molecule has 0 aliphatic rings. The van der Waals surface area contributed by atoms with E-state index < -0.39 is 6.04 Å². The van der Waals surface area contributed by atoms with E-state index in [1.807, 2.05) is 48.7 Å². The first-order valence-electron chi connectivity index (χ1n) is 10.1. The summed E-state index contributed by atoms with van der Waals surface area (Å²) in [5.41, 5.74) is 6.40. The maximum absolute atomic E-state index is 13.6. The zero-order chi connectivity index (χ0) is 20.2. The largest absolute Gasteiger partial charge is 0.360 e. The summed E-state index contributed by atoms with van der Waals surface area (Å²) in [5, 5.41) is 4.48. The quantitative estimate of drug-likeness (QED) is 0.400. The molecule has 0 saturated heterocycles. The van der Waals surface area contributed by atoms with Gasteiger partial charge in [-0.1, -0.05) is 85.3 Å². The van der Waals surface area contributed by atoms with Crippen molar-refractivity contribution in [1.29, 1.82) is 0 Å². The van der Waals surface area contributed by atoms with Crippen LogP contribution < -0.4 is 5.32 Å². The molecule has 0 bridgehead atoms. The first-order chi connectivity index (χ1) is 14.2. The van der Waals surface area contributed by atoms with Gasteiger partial charge < -0.3 is 4.98 Å². The van der Waals surface area contributed by atoms with Gasteiger partial charge in [-0.05, 0) is 30.0 Å². The molecule has 0 radical (unpaired) electrons. The number of ketones is 1. The van der Waals surface area contributed by atoms with Crippen LogP contribution in [-0.2, 0) is 13.0 Å².